The summed E-state index contributed by atoms with van der Waals surface area (Å²) in [5.74, 6) is -0.331. The van der Waals surface area contributed by atoms with Crippen molar-refractivity contribution in [3.63, 3.8) is 0 Å². The summed E-state index contributed by atoms with van der Waals surface area (Å²) in [7, 11) is 0. The highest BCUT2D eigenvalue weighted by Gasteiger charge is 2.09. The summed E-state index contributed by atoms with van der Waals surface area (Å²) in [5.41, 5.74) is 0. The molecular formula is C9H11FOS. The molecule has 1 aromatic rings. The molecule has 0 fully saturated rings. The molecule has 1 rings (SSSR count). The molecule has 0 saturated heterocycles. The molecule has 66 valence electrons. The van der Waals surface area contributed by atoms with E-state index in [1.54, 1.807) is 0 Å². The van der Waals surface area contributed by atoms with Gasteiger partial charge in [0.05, 0.1) is 4.90 Å². The Bertz CT molecular complexity index is 253. The average molecular weight is 186 g/mol. The van der Waals surface area contributed by atoms with Crippen LogP contribution in [0.3, 0.4) is 0 Å². The maximum atomic E-state index is 13.0. The highest BCUT2D eigenvalue weighted by molar-refractivity contribution is 8.00. The van der Waals surface area contributed by atoms with Gasteiger partial charge in [-0.25, -0.2) is 4.39 Å². The minimum absolute atomic E-state index is 0.0219. The topological polar surface area (TPSA) is 20.2 Å². The fourth-order valence-corrected chi connectivity index (χ4v) is 1.69. The summed E-state index contributed by atoms with van der Waals surface area (Å²) in [6, 6.07) is 4.34. The third-order valence-electron chi connectivity index (χ3n) is 1.30. The third-order valence-corrected chi connectivity index (χ3v) is 2.41. The SMILES string of the molecule is CC(C)Sc1c(O)cccc1F. The number of hydrogen-bond acceptors (Lipinski definition) is 2. The highest BCUT2D eigenvalue weighted by atomic mass is 32.2. The zero-order valence-corrected chi connectivity index (χ0v) is 7.86. The Morgan fingerprint density at radius 2 is 2.08 bits per heavy atom. The van der Waals surface area contributed by atoms with Gasteiger partial charge in [0.2, 0.25) is 0 Å². The Hall–Kier alpha value is -0.700. The molecule has 0 saturated carbocycles. The number of hydrogen-bond donors (Lipinski definition) is 1. The maximum absolute atomic E-state index is 13.0. The van der Waals surface area contributed by atoms with E-state index in [2.05, 4.69) is 0 Å². The van der Waals surface area contributed by atoms with Gasteiger partial charge in [-0.05, 0) is 12.1 Å². The number of phenolic OH excluding ortho intramolecular Hbond substituents is 1. The van der Waals surface area contributed by atoms with E-state index >= 15 is 0 Å². The monoisotopic (exact) mass is 186 g/mol. The molecule has 0 aliphatic carbocycles. The number of aromatic hydroxyl groups is 1. The van der Waals surface area contributed by atoms with Gasteiger partial charge in [-0.2, -0.15) is 0 Å². The highest BCUT2D eigenvalue weighted by Crippen LogP contribution is 2.33. The number of rotatable bonds is 2. The van der Waals surface area contributed by atoms with Gasteiger partial charge in [0.25, 0.3) is 0 Å². The molecule has 0 aliphatic rings. The normalized spacial score (nSPS) is 10.7. The standard InChI is InChI=1S/C9H11FOS/c1-6(2)12-9-7(10)4-3-5-8(9)11/h3-6,11H,1-2H3. The zero-order chi connectivity index (χ0) is 9.14. The van der Waals surface area contributed by atoms with Crippen LogP contribution in [-0.2, 0) is 0 Å². The van der Waals surface area contributed by atoms with Crippen molar-refractivity contribution < 1.29 is 9.50 Å². The summed E-state index contributed by atoms with van der Waals surface area (Å²) >= 11 is 1.33. The van der Waals surface area contributed by atoms with Crippen molar-refractivity contribution >= 4 is 11.8 Å². The van der Waals surface area contributed by atoms with Crippen molar-refractivity contribution in [2.45, 2.75) is 24.0 Å². The minimum Gasteiger partial charge on any atom is -0.507 e. The van der Waals surface area contributed by atoms with E-state index in [1.165, 1.54) is 30.0 Å². The Morgan fingerprint density at radius 1 is 1.42 bits per heavy atom. The molecule has 0 bridgehead atoms. The predicted molar refractivity (Wildman–Crippen MR) is 49.1 cm³/mol. The van der Waals surface area contributed by atoms with E-state index in [1.807, 2.05) is 13.8 Å². The van der Waals surface area contributed by atoms with Crippen LogP contribution in [0.4, 0.5) is 4.39 Å². The van der Waals surface area contributed by atoms with E-state index < -0.39 is 0 Å². The molecule has 0 radical (unpaired) electrons. The molecule has 1 nitrogen and oxygen atoms in total. The Balaban J connectivity index is 2.96. The lowest BCUT2D eigenvalue weighted by Crippen LogP contribution is -1.89. The zero-order valence-electron chi connectivity index (χ0n) is 7.04. The first kappa shape index (κ1) is 9.39. The Labute approximate surface area is 75.6 Å². The van der Waals surface area contributed by atoms with Crippen molar-refractivity contribution in [3.05, 3.63) is 24.0 Å². The van der Waals surface area contributed by atoms with Gasteiger partial charge in [-0.1, -0.05) is 19.9 Å². The molecule has 1 N–H and O–H groups in total. The quantitative estimate of drug-likeness (QED) is 0.716. The fraction of sp³-hybridized carbons (Fsp3) is 0.333. The van der Waals surface area contributed by atoms with Crippen LogP contribution in [0.1, 0.15) is 13.8 Å². The van der Waals surface area contributed by atoms with Crippen LogP contribution in [0.25, 0.3) is 0 Å². The Morgan fingerprint density at radius 3 is 2.58 bits per heavy atom. The van der Waals surface area contributed by atoms with Gasteiger partial charge < -0.3 is 5.11 Å². The summed E-state index contributed by atoms with van der Waals surface area (Å²) in [4.78, 5) is 0.340. The molecular weight excluding hydrogens is 175 g/mol. The molecule has 0 heterocycles. The lowest BCUT2D eigenvalue weighted by molar-refractivity contribution is 0.449. The van der Waals surface area contributed by atoms with Crippen LogP contribution >= 0.6 is 11.8 Å². The summed E-state index contributed by atoms with van der Waals surface area (Å²) in [6.07, 6.45) is 0. The van der Waals surface area contributed by atoms with E-state index in [-0.39, 0.29) is 16.8 Å². The van der Waals surface area contributed by atoms with Gasteiger partial charge in [-0.3, -0.25) is 0 Å². The van der Waals surface area contributed by atoms with Gasteiger partial charge in [-0.15, -0.1) is 11.8 Å². The van der Waals surface area contributed by atoms with Crippen molar-refractivity contribution in [1.82, 2.24) is 0 Å². The molecule has 0 unspecified atom stereocenters. The van der Waals surface area contributed by atoms with E-state index in [4.69, 9.17) is 0 Å². The molecule has 12 heavy (non-hydrogen) atoms. The smallest absolute Gasteiger partial charge is 0.140 e. The van der Waals surface area contributed by atoms with Gasteiger partial charge in [0.15, 0.2) is 0 Å². The van der Waals surface area contributed by atoms with E-state index in [0.717, 1.165) is 0 Å². The number of phenols is 1. The van der Waals surface area contributed by atoms with E-state index in [0.29, 0.717) is 4.90 Å². The largest absolute Gasteiger partial charge is 0.507 e. The maximum Gasteiger partial charge on any atom is 0.140 e. The molecule has 1 aromatic carbocycles. The second-order valence-electron chi connectivity index (χ2n) is 2.75. The molecule has 0 aliphatic heterocycles. The van der Waals surface area contributed by atoms with Crippen LogP contribution < -0.4 is 0 Å². The van der Waals surface area contributed by atoms with Crippen LogP contribution in [0.2, 0.25) is 0 Å². The summed E-state index contributed by atoms with van der Waals surface area (Å²) < 4.78 is 13.0. The van der Waals surface area contributed by atoms with Crippen LogP contribution in [0, 0.1) is 5.82 Å². The lowest BCUT2D eigenvalue weighted by atomic mass is 10.3. The first-order valence-electron chi connectivity index (χ1n) is 3.75. The third kappa shape index (κ3) is 2.14. The Kier molecular flexibility index (Phi) is 2.98. The fourth-order valence-electron chi connectivity index (χ4n) is 0.850. The summed E-state index contributed by atoms with van der Waals surface area (Å²) in [5, 5.41) is 9.55. The molecule has 0 spiro atoms. The molecule has 0 amide bonds. The van der Waals surface area contributed by atoms with Crippen molar-refractivity contribution in [1.29, 1.82) is 0 Å². The first-order valence-corrected chi connectivity index (χ1v) is 4.63. The summed E-state index contributed by atoms with van der Waals surface area (Å²) in [6.45, 7) is 3.91. The van der Waals surface area contributed by atoms with Crippen LogP contribution in [-0.4, -0.2) is 10.4 Å². The van der Waals surface area contributed by atoms with Crippen LogP contribution in [0.5, 0.6) is 5.75 Å². The predicted octanol–water partition coefficient (Wildman–Crippen LogP) is 3.03. The molecule has 0 atom stereocenters. The van der Waals surface area contributed by atoms with Crippen molar-refractivity contribution in [2.24, 2.45) is 0 Å². The second-order valence-corrected chi connectivity index (χ2v) is 4.34. The van der Waals surface area contributed by atoms with Crippen molar-refractivity contribution in [2.75, 3.05) is 0 Å². The molecule has 0 aromatic heterocycles. The van der Waals surface area contributed by atoms with Crippen LogP contribution in [0.15, 0.2) is 23.1 Å². The van der Waals surface area contributed by atoms with Gasteiger partial charge in [0, 0.05) is 5.25 Å². The lowest BCUT2D eigenvalue weighted by Gasteiger charge is -2.07. The minimum atomic E-state index is -0.353. The van der Waals surface area contributed by atoms with Gasteiger partial charge >= 0.3 is 0 Å². The average Bonchev–Trinajstić information content (AvgIpc) is 1.97. The second kappa shape index (κ2) is 3.81. The van der Waals surface area contributed by atoms with Gasteiger partial charge in [0.1, 0.15) is 11.6 Å². The number of benzene rings is 1. The number of halogens is 1. The number of thioether (sulfide) groups is 1. The molecule has 3 heteroatoms. The van der Waals surface area contributed by atoms with E-state index in [9.17, 15) is 9.50 Å². The first-order chi connectivity index (χ1) is 5.61. The van der Waals surface area contributed by atoms with Crippen molar-refractivity contribution in [3.8, 4) is 5.75 Å².